The normalized spacial score (nSPS) is 16.2. The highest BCUT2D eigenvalue weighted by Crippen LogP contribution is 2.19. The van der Waals surface area contributed by atoms with Gasteiger partial charge in [0.2, 0.25) is 0 Å². The Morgan fingerprint density at radius 2 is 2.04 bits per heavy atom. The van der Waals surface area contributed by atoms with Gasteiger partial charge in [-0.3, -0.25) is 9.69 Å². The van der Waals surface area contributed by atoms with E-state index in [9.17, 15) is 4.79 Å². The number of carbonyl (C=O) groups is 1. The molecule has 1 fully saturated rings. The predicted molar refractivity (Wildman–Crippen MR) is 98.1 cm³/mol. The summed E-state index contributed by atoms with van der Waals surface area (Å²) >= 11 is 1.41. The Balaban J connectivity index is 1.55. The number of piperidine rings is 1. The third-order valence-corrected chi connectivity index (χ3v) is 5.32. The lowest BCUT2D eigenvalue weighted by atomic mass is 9.99. The van der Waals surface area contributed by atoms with Gasteiger partial charge in [-0.1, -0.05) is 19.1 Å². The van der Waals surface area contributed by atoms with Crippen molar-refractivity contribution in [2.24, 2.45) is 11.7 Å². The lowest BCUT2D eigenvalue weighted by molar-refractivity contribution is 0.102. The number of anilines is 1. The number of nitrogens with one attached hydrogen (secondary N) is 1. The van der Waals surface area contributed by atoms with Crippen LogP contribution < -0.4 is 11.1 Å². The summed E-state index contributed by atoms with van der Waals surface area (Å²) in [6.07, 6.45) is 2.57. The van der Waals surface area contributed by atoms with Crippen LogP contribution >= 0.6 is 11.3 Å². The molecule has 0 spiro atoms. The van der Waals surface area contributed by atoms with Crippen molar-refractivity contribution in [1.82, 2.24) is 9.88 Å². The second kappa shape index (κ2) is 7.88. The summed E-state index contributed by atoms with van der Waals surface area (Å²) in [5.41, 5.74) is 8.02. The Kier molecular flexibility index (Phi) is 5.60. The molecule has 2 heterocycles. The predicted octanol–water partition coefficient (Wildman–Crippen LogP) is 3.09. The maximum absolute atomic E-state index is 12.2. The van der Waals surface area contributed by atoms with Crippen LogP contribution in [0.4, 0.5) is 5.69 Å². The van der Waals surface area contributed by atoms with Gasteiger partial charge < -0.3 is 11.1 Å². The van der Waals surface area contributed by atoms with Gasteiger partial charge in [0.05, 0.1) is 0 Å². The minimum absolute atomic E-state index is 0.191. The van der Waals surface area contributed by atoms with Crippen molar-refractivity contribution >= 4 is 22.9 Å². The highest BCUT2D eigenvalue weighted by molar-refractivity contribution is 7.09. The second-order valence-electron chi connectivity index (χ2n) is 6.44. The maximum Gasteiger partial charge on any atom is 0.275 e. The first-order chi connectivity index (χ1) is 11.6. The SMILES string of the molecule is CC1CCN(Cc2ccc(NC(=O)c3csc(CN)n3)cc2)CC1. The van der Waals surface area contributed by atoms with Gasteiger partial charge in [0, 0.05) is 24.2 Å². The van der Waals surface area contributed by atoms with Gasteiger partial charge in [0.1, 0.15) is 10.7 Å². The van der Waals surface area contributed by atoms with Crippen LogP contribution in [0.2, 0.25) is 0 Å². The minimum Gasteiger partial charge on any atom is -0.325 e. The zero-order chi connectivity index (χ0) is 16.9. The zero-order valence-electron chi connectivity index (χ0n) is 14.0. The van der Waals surface area contributed by atoms with E-state index < -0.39 is 0 Å². The topological polar surface area (TPSA) is 71.2 Å². The van der Waals surface area contributed by atoms with Crippen LogP contribution in [0.25, 0.3) is 0 Å². The number of likely N-dealkylation sites (tertiary alicyclic amines) is 1. The molecule has 5 nitrogen and oxygen atoms in total. The average Bonchev–Trinajstić information content (AvgIpc) is 3.08. The molecule has 24 heavy (non-hydrogen) atoms. The van der Waals surface area contributed by atoms with Gasteiger partial charge in [0.25, 0.3) is 5.91 Å². The van der Waals surface area contributed by atoms with Crippen molar-refractivity contribution in [2.45, 2.75) is 32.9 Å². The van der Waals surface area contributed by atoms with E-state index in [0.29, 0.717) is 12.2 Å². The Labute approximate surface area is 146 Å². The number of benzene rings is 1. The summed E-state index contributed by atoms with van der Waals surface area (Å²) in [6, 6.07) is 8.08. The summed E-state index contributed by atoms with van der Waals surface area (Å²) in [7, 11) is 0. The van der Waals surface area contributed by atoms with Crippen LogP contribution in [0.1, 0.15) is 40.8 Å². The molecule has 1 saturated heterocycles. The number of aromatic nitrogens is 1. The van der Waals surface area contributed by atoms with Crippen molar-refractivity contribution in [3.8, 4) is 0 Å². The molecule has 0 unspecified atom stereocenters. The van der Waals surface area contributed by atoms with Crippen LogP contribution in [-0.4, -0.2) is 28.9 Å². The molecule has 1 aromatic carbocycles. The molecule has 2 aromatic rings. The molecule has 0 saturated carbocycles. The second-order valence-corrected chi connectivity index (χ2v) is 7.38. The first-order valence-electron chi connectivity index (χ1n) is 8.41. The number of nitrogens with zero attached hydrogens (tertiary/aromatic N) is 2. The molecule has 0 atom stereocenters. The fourth-order valence-corrected chi connectivity index (χ4v) is 3.53. The van der Waals surface area contributed by atoms with Crippen LogP contribution in [0.5, 0.6) is 0 Å². The molecule has 1 amide bonds. The van der Waals surface area contributed by atoms with Crippen molar-refractivity contribution in [2.75, 3.05) is 18.4 Å². The molecule has 1 aromatic heterocycles. The van der Waals surface area contributed by atoms with E-state index in [1.165, 1.54) is 42.8 Å². The number of thiazole rings is 1. The maximum atomic E-state index is 12.2. The molecule has 1 aliphatic rings. The number of rotatable bonds is 5. The Hall–Kier alpha value is -1.76. The van der Waals surface area contributed by atoms with Crippen molar-refractivity contribution in [3.63, 3.8) is 0 Å². The summed E-state index contributed by atoms with van der Waals surface area (Å²) in [5.74, 6) is 0.660. The quantitative estimate of drug-likeness (QED) is 0.874. The van der Waals surface area contributed by atoms with E-state index in [1.54, 1.807) is 5.38 Å². The van der Waals surface area contributed by atoms with Crippen LogP contribution in [-0.2, 0) is 13.1 Å². The van der Waals surface area contributed by atoms with Gasteiger partial charge >= 0.3 is 0 Å². The third kappa shape index (κ3) is 4.41. The molecular weight excluding hydrogens is 320 g/mol. The van der Waals surface area contributed by atoms with Crippen molar-refractivity contribution in [1.29, 1.82) is 0 Å². The smallest absolute Gasteiger partial charge is 0.275 e. The first kappa shape index (κ1) is 17.1. The Morgan fingerprint density at radius 1 is 1.33 bits per heavy atom. The van der Waals surface area contributed by atoms with E-state index >= 15 is 0 Å². The van der Waals surface area contributed by atoms with E-state index in [1.807, 2.05) is 12.1 Å². The number of carbonyl (C=O) groups excluding carboxylic acids is 1. The van der Waals surface area contributed by atoms with Gasteiger partial charge in [-0.05, 0) is 49.5 Å². The van der Waals surface area contributed by atoms with Gasteiger partial charge in [0.15, 0.2) is 0 Å². The fraction of sp³-hybridized carbons (Fsp3) is 0.444. The molecule has 0 radical (unpaired) electrons. The summed E-state index contributed by atoms with van der Waals surface area (Å²) < 4.78 is 0. The lowest BCUT2D eigenvalue weighted by Crippen LogP contribution is -2.32. The number of hydrogen-bond acceptors (Lipinski definition) is 5. The molecule has 1 aliphatic heterocycles. The Morgan fingerprint density at radius 3 is 2.67 bits per heavy atom. The largest absolute Gasteiger partial charge is 0.325 e. The number of amides is 1. The van der Waals surface area contributed by atoms with Gasteiger partial charge in [-0.15, -0.1) is 11.3 Å². The van der Waals surface area contributed by atoms with Crippen molar-refractivity contribution in [3.05, 3.63) is 45.9 Å². The zero-order valence-corrected chi connectivity index (χ0v) is 14.8. The highest BCUT2D eigenvalue weighted by Gasteiger charge is 2.15. The summed E-state index contributed by atoms with van der Waals surface area (Å²) in [6.45, 7) is 6.02. The Bertz CT molecular complexity index is 675. The summed E-state index contributed by atoms with van der Waals surface area (Å²) in [4.78, 5) is 18.9. The van der Waals surface area contributed by atoms with E-state index in [-0.39, 0.29) is 5.91 Å². The fourth-order valence-electron chi connectivity index (χ4n) is 2.88. The standard InChI is InChI=1S/C18H24N4OS/c1-13-6-8-22(9-7-13)11-14-2-4-15(5-3-14)20-18(23)16-12-24-17(10-19)21-16/h2-5,12-13H,6-11,19H2,1H3,(H,20,23). The minimum atomic E-state index is -0.191. The van der Waals surface area contributed by atoms with Crippen LogP contribution in [0.3, 0.4) is 0 Å². The van der Waals surface area contributed by atoms with Gasteiger partial charge in [-0.2, -0.15) is 0 Å². The van der Waals surface area contributed by atoms with Crippen LogP contribution in [0.15, 0.2) is 29.6 Å². The van der Waals surface area contributed by atoms with E-state index in [2.05, 4.69) is 34.3 Å². The number of hydrogen-bond donors (Lipinski definition) is 2. The molecule has 0 aliphatic carbocycles. The highest BCUT2D eigenvalue weighted by atomic mass is 32.1. The van der Waals surface area contributed by atoms with E-state index in [4.69, 9.17) is 5.73 Å². The monoisotopic (exact) mass is 344 g/mol. The van der Waals surface area contributed by atoms with Gasteiger partial charge in [-0.25, -0.2) is 4.98 Å². The molecule has 3 N–H and O–H groups in total. The molecule has 128 valence electrons. The lowest BCUT2D eigenvalue weighted by Gasteiger charge is -2.30. The van der Waals surface area contributed by atoms with E-state index in [0.717, 1.165) is 23.2 Å². The van der Waals surface area contributed by atoms with Crippen molar-refractivity contribution < 1.29 is 4.79 Å². The summed E-state index contributed by atoms with van der Waals surface area (Å²) in [5, 5.41) is 5.39. The molecule has 3 rings (SSSR count). The average molecular weight is 344 g/mol. The molecule has 6 heteroatoms. The third-order valence-electron chi connectivity index (χ3n) is 4.45. The molecular formula is C18H24N4OS. The first-order valence-corrected chi connectivity index (χ1v) is 9.29. The van der Waals surface area contributed by atoms with Crippen LogP contribution in [0, 0.1) is 5.92 Å². The number of nitrogens with two attached hydrogens (primary N) is 1. The molecule has 0 bridgehead atoms.